The van der Waals surface area contributed by atoms with Gasteiger partial charge in [0.1, 0.15) is 5.60 Å². The monoisotopic (exact) mass is 409 g/mol. The molecule has 0 unspecified atom stereocenters. The van der Waals surface area contributed by atoms with E-state index in [1.54, 1.807) is 7.05 Å². The summed E-state index contributed by atoms with van der Waals surface area (Å²) in [5, 5.41) is 10.0. The minimum atomic E-state index is -0.513. The van der Waals surface area contributed by atoms with Crippen molar-refractivity contribution in [3.05, 3.63) is 12.2 Å². The van der Waals surface area contributed by atoms with Crippen molar-refractivity contribution in [2.24, 2.45) is 4.99 Å². The first-order valence-corrected chi connectivity index (χ1v) is 10.9. The molecule has 0 aliphatic carbocycles. The third kappa shape index (κ3) is 9.52. The van der Waals surface area contributed by atoms with Crippen LogP contribution in [-0.2, 0) is 4.74 Å². The molecule has 0 bridgehead atoms. The fourth-order valence-corrected chi connectivity index (χ4v) is 3.50. The van der Waals surface area contributed by atoms with E-state index in [0.717, 1.165) is 51.3 Å². The number of ether oxygens (including phenoxy) is 1. The minimum Gasteiger partial charge on any atom is -0.444 e. The van der Waals surface area contributed by atoms with Crippen molar-refractivity contribution < 1.29 is 9.53 Å². The number of aliphatic imine (C=N–C) groups is 1. The Balaban J connectivity index is 2.57. The van der Waals surface area contributed by atoms with Gasteiger partial charge in [0.2, 0.25) is 0 Å². The quantitative estimate of drug-likeness (QED) is 0.326. The van der Waals surface area contributed by atoms with E-state index in [2.05, 4.69) is 53.2 Å². The van der Waals surface area contributed by atoms with E-state index in [4.69, 9.17) is 4.74 Å². The lowest BCUT2D eigenvalue weighted by atomic mass is 9.93. The topological polar surface area (TPSA) is 78.0 Å². The lowest BCUT2D eigenvalue weighted by molar-refractivity contribution is 0.0448. The maximum atomic E-state index is 12.3. The summed E-state index contributed by atoms with van der Waals surface area (Å²) in [5.41, 5.74) is 0.313. The van der Waals surface area contributed by atoms with E-state index in [9.17, 15) is 4.79 Å². The van der Waals surface area contributed by atoms with Crippen molar-refractivity contribution in [3.63, 3.8) is 0 Å². The summed E-state index contributed by atoms with van der Waals surface area (Å²) in [6, 6.07) is 0.402. The highest BCUT2D eigenvalue weighted by Crippen LogP contribution is 2.17. The number of carbonyl (C=O) groups excluding carboxylic acids is 1. The number of amides is 1. The molecule has 1 rings (SSSR count). The average molecular weight is 410 g/mol. The van der Waals surface area contributed by atoms with Crippen LogP contribution >= 0.6 is 0 Å². The second kappa shape index (κ2) is 11.4. The summed E-state index contributed by atoms with van der Waals surface area (Å²) in [7, 11) is 1.78. The van der Waals surface area contributed by atoms with E-state index in [0.29, 0.717) is 12.6 Å². The fraction of sp³-hybridized carbons (Fsp3) is 0.818. The van der Waals surface area contributed by atoms with E-state index in [1.165, 1.54) is 5.57 Å². The van der Waals surface area contributed by atoms with Crippen molar-refractivity contribution in [2.75, 3.05) is 33.2 Å². The van der Waals surface area contributed by atoms with Gasteiger partial charge in [0.15, 0.2) is 5.96 Å². The summed E-state index contributed by atoms with van der Waals surface area (Å²) in [6.07, 6.45) is 3.38. The van der Waals surface area contributed by atoms with Gasteiger partial charge in [-0.15, -0.1) is 0 Å². The molecule has 1 heterocycles. The molecule has 0 radical (unpaired) electrons. The van der Waals surface area contributed by atoms with Crippen molar-refractivity contribution in [3.8, 4) is 0 Å². The van der Waals surface area contributed by atoms with Gasteiger partial charge in [-0.3, -0.25) is 9.89 Å². The first-order valence-electron chi connectivity index (χ1n) is 10.9. The molecule has 1 fully saturated rings. The molecule has 0 aromatic heterocycles. The Morgan fingerprint density at radius 1 is 1.21 bits per heavy atom. The third-order valence-corrected chi connectivity index (χ3v) is 5.36. The van der Waals surface area contributed by atoms with Crippen LogP contribution in [0.25, 0.3) is 0 Å². The molecule has 7 nitrogen and oxygen atoms in total. The molecule has 0 spiro atoms. The number of hydrogen-bond acceptors (Lipinski definition) is 4. The summed E-state index contributed by atoms with van der Waals surface area (Å²) in [5.74, 6) is 0.778. The first-order chi connectivity index (χ1) is 13.5. The van der Waals surface area contributed by atoms with Crippen LogP contribution in [0.3, 0.4) is 0 Å². The van der Waals surface area contributed by atoms with Gasteiger partial charge in [0.25, 0.3) is 0 Å². The Morgan fingerprint density at radius 3 is 2.24 bits per heavy atom. The highest BCUT2D eigenvalue weighted by atomic mass is 16.6. The minimum absolute atomic E-state index is 0.379. The Bertz CT molecular complexity index is 556. The maximum Gasteiger partial charge on any atom is 0.408 e. The van der Waals surface area contributed by atoms with Gasteiger partial charge in [-0.1, -0.05) is 26.0 Å². The predicted molar refractivity (Wildman–Crippen MR) is 121 cm³/mol. The van der Waals surface area contributed by atoms with Gasteiger partial charge in [-0.25, -0.2) is 4.79 Å². The number of nitrogens with one attached hydrogen (secondary N) is 3. The zero-order valence-corrected chi connectivity index (χ0v) is 19.7. The van der Waals surface area contributed by atoms with Crippen molar-refractivity contribution in [1.29, 1.82) is 0 Å². The van der Waals surface area contributed by atoms with Crippen molar-refractivity contribution in [2.45, 2.75) is 84.4 Å². The summed E-state index contributed by atoms with van der Waals surface area (Å²) >= 11 is 0. The molecule has 168 valence electrons. The number of likely N-dealkylation sites (tertiary alicyclic amines) is 1. The predicted octanol–water partition coefficient (Wildman–Crippen LogP) is 3.28. The lowest BCUT2D eigenvalue weighted by Crippen LogP contribution is -2.58. The number of piperidine rings is 1. The summed E-state index contributed by atoms with van der Waals surface area (Å²) < 4.78 is 5.45. The Labute approximate surface area is 177 Å². The molecule has 1 aliphatic heterocycles. The number of alkyl carbamates (subject to hydrolysis) is 1. The van der Waals surface area contributed by atoms with Crippen LogP contribution in [0, 0.1) is 0 Å². The van der Waals surface area contributed by atoms with Crippen LogP contribution in [0.15, 0.2) is 17.1 Å². The Morgan fingerprint density at radius 2 is 1.79 bits per heavy atom. The molecule has 0 aromatic rings. The van der Waals surface area contributed by atoms with E-state index in [-0.39, 0.29) is 11.6 Å². The van der Waals surface area contributed by atoms with Gasteiger partial charge in [-0.05, 0) is 53.4 Å². The van der Waals surface area contributed by atoms with Crippen LogP contribution in [0.1, 0.15) is 67.2 Å². The van der Waals surface area contributed by atoms with E-state index >= 15 is 0 Å². The third-order valence-electron chi connectivity index (χ3n) is 5.36. The second-order valence-electron chi connectivity index (χ2n) is 9.19. The molecular formula is C22H43N5O2. The highest BCUT2D eigenvalue weighted by molar-refractivity contribution is 5.80. The highest BCUT2D eigenvalue weighted by Gasteiger charge is 2.31. The van der Waals surface area contributed by atoms with Crippen LogP contribution in [0.2, 0.25) is 0 Å². The molecule has 0 aromatic carbocycles. The SMILES string of the molecule is C=C(C)CN1CCC(NC(=NC)NCC(CC)(CC)NC(=O)OC(C)(C)C)CC1. The first kappa shape index (κ1) is 25.3. The molecule has 3 N–H and O–H groups in total. The smallest absolute Gasteiger partial charge is 0.408 e. The van der Waals surface area contributed by atoms with Crippen molar-refractivity contribution >= 4 is 12.1 Å². The molecular weight excluding hydrogens is 366 g/mol. The molecule has 1 amide bonds. The number of hydrogen-bond donors (Lipinski definition) is 3. The number of rotatable bonds is 8. The number of guanidine groups is 1. The summed E-state index contributed by atoms with van der Waals surface area (Å²) in [4.78, 5) is 19.1. The molecule has 0 atom stereocenters. The molecule has 1 aliphatic rings. The zero-order chi connectivity index (χ0) is 22.1. The molecule has 7 heteroatoms. The lowest BCUT2D eigenvalue weighted by Gasteiger charge is -2.36. The summed E-state index contributed by atoms with van der Waals surface area (Å²) in [6.45, 7) is 19.6. The largest absolute Gasteiger partial charge is 0.444 e. The fourth-order valence-electron chi connectivity index (χ4n) is 3.50. The normalized spacial score (nSPS) is 17.0. The van der Waals surface area contributed by atoms with Crippen LogP contribution in [0.5, 0.6) is 0 Å². The van der Waals surface area contributed by atoms with E-state index in [1.807, 2.05) is 20.8 Å². The maximum absolute atomic E-state index is 12.3. The average Bonchev–Trinajstić information content (AvgIpc) is 2.63. The van der Waals surface area contributed by atoms with Crippen molar-refractivity contribution in [1.82, 2.24) is 20.9 Å². The van der Waals surface area contributed by atoms with Gasteiger partial charge in [0.05, 0.1) is 5.54 Å². The Kier molecular flexibility index (Phi) is 9.96. The van der Waals surface area contributed by atoms with Crippen LogP contribution in [0.4, 0.5) is 4.79 Å². The van der Waals surface area contributed by atoms with Crippen LogP contribution in [-0.4, -0.2) is 67.4 Å². The molecule has 29 heavy (non-hydrogen) atoms. The van der Waals surface area contributed by atoms with E-state index < -0.39 is 5.60 Å². The second-order valence-corrected chi connectivity index (χ2v) is 9.19. The van der Waals surface area contributed by atoms with Gasteiger partial charge in [0, 0.05) is 39.3 Å². The molecule has 0 saturated carbocycles. The van der Waals surface area contributed by atoms with Gasteiger partial charge < -0.3 is 20.7 Å². The number of nitrogens with zero attached hydrogens (tertiary/aromatic N) is 2. The zero-order valence-electron chi connectivity index (χ0n) is 19.7. The Hall–Kier alpha value is -1.76. The standard InChI is InChI=1S/C22H43N5O2/c1-9-22(10-2,26-20(28)29-21(5,6)7)16-24-19(23-8)25-18-11-13-27(14-12-18)15-17(3)4/h18H,3,9-16H2,1-2,4-8H3,(H,26,28)(H2,23,24,25). The van der Waals surface area contributed by atoms with Gasteiger partial charge in [-0.2, -0.15) is 0 Å². The van der Waals surface area contributed by atoms with Gasteiger partial charge >= 0.3 is 6.09 Å². The molecule has 1 saturated heterocycles. The van der Waals surface area contributed by atoms with Crippen LogP contribution < -0.4 is 16.0 Å². The number of carbonyl (C=O) groups is 1.